The Labute approximate surface area is 162 Å². The minimum atomic E-state index is -0.605. The molecular formula is C18H27N5O3S. The van der Waals surface area contributed by atoms with Crippen molar-refractivity contribution in [2.24, 2.45) is 17.1 Å². The number of nitrogens with two attached hydrogens (primary N) is 1. The first-order chi connectivity index (χ1) is 12.8. The molecule has 8 nitrogen and oxygen atoms in total. The molecule has 1 unspecified atom stereocenters. The van der Waals surface area contributed by atoms with Crippen LogP contribution in [0.4, 0.5) is 4.79 Å². The van der Waals surface area contributed by atoms with Gasteiger partial charge in [0.05, 0.1) is 5.01 Å². The molecule has 9 heteroatoms. The third-order valence-electron chi connectivity index (χ3n) is 5.74. The standard InChI is InChI=1S/C18H27N5O3S/c1-11-15(22-12(2)27-11)16(25)21-10-13-9-18(13)4-7-23(8-5-18)14(24)3-6-20-17(19)26/h13H,3-10H2,1-2H3,(H,21,25)(H3,19,20,26). The molecule has 1 saturated heterocycles. The van der Waals surface area contributed by atoms with Gasteiger partial charge in [-0.25, -0.2) is 9.78 Å². The lowest BCUT2D eigenvalue weighted by Crippen LogP contribution is -2.42. The van der Waals surface area contributed by atoms with E-state index in [9.17, 15) is 14.4 Å². The van der Waals surface area contributed by atoms with Crippen LogP contribution >= 0.6 is 11.3 Å². The molecule has 148 valence electrons. The van der Waals surface area contributed by atoms with Crippen LogP contribution in [-0.2, 0) is 4.79 Å². The summed E-state index contributed by atoms with van der Waals surface area (Å²) >= 11 is 1.54. The number of piperidine rings is 1. The topological polar surface area (TPSA) is 117 Å². The van der Waals surface area contributed by atoms with Crippen LogP contribution in [0.25, 0.3) is 0 Å². The lowest BCUT2D eigenvalue weighted by atomic mass is 9.90. The van der Waals surface area contributed by atoms with Crippen molar-refractivity contribution >= 4 is 29.2 Å². The predicted molar refractivity (Wildman–Crippen MR) is 102 cm³/mol. The van der Waals surface area contributed by atoms with E-state index >= 15 is 0 Å². The number of thiazole rings is 1. The Morgan fingerprint density at radius 3 is 2.56 bits per heavy atom. The van der Waals surface area contributed by atoms with E-state index < -0.39 is 6.03 Å². The van der Waals surface area contributed by atoms with Gasteiger partial charge in [-0.1, -0.05) is 0 Å². The van der Waals surface area contributed by atoms with Crippen molar-refractivity contribution in [3.63, 3.8) is 0 Å². The van der Waals surface area contributed by atoms with Crippen molar-refractivity contribution in [3.8, 4) is 0 Å². The predicted octanol–water partition coefficient (Wildman–Crippen LogP) is 1.18. The number of likely N-dealkylation sites (tertiary alicyclic amines) is 1. The summed E-state index contributed by atoms with van der Waals surface area (Å²) < 4.78 is 0. The van der Waals surface area contributed by atoms with E-state index in [0.29, 0.717) is 18.2 Å². The zero-order valence-electron chi connectivity index (χ0n) is 15.8. The van der Waals surface area contributed by atoms with Gasteiger partial charge in [-0.2, -0.15) is 0 Å². The van der Waals surface area contributed by atoms with Gasteiger partial charge in [-0.3, -0.25) is 9.59 Å². The van der Waals surface area contributed by atoms with Crippen molar-refractivity contribution in [1.82, 2.24) is 20.5 Å². The summed E-state index contributed by atoms with van der Waals surface area (Å²) in [5.41, 5.74) is 5.81. The maximum atomic E-state index is 12.3. The molecule has 0 radical (unpaired) electrons. The SMILES string of the molecule is Cc1nc(C(=O)NCC2CC23CCN(C(=O)CCNC(N)=O)CC3)c(C)s1. The Kier molecular flexibility index (Phi) is 5.69. The van der Waals surface area contributed by atoms with E-state index in [1.807, 2.05) is 18.7 Å². The fourth-order valence-corrected chi connectivity index (χ4v) is 4.84. The Bertz CT molecular complexity index is 739. The number of hydrogen-bond donors (Lipinski definition) is 3. The number of nitrogens with zero attached hydrogens (tertiary/aromatic N) is 2. The highest BCUT2D eigenvalue weighted by molar-refractivity contribution is 7.11. The van der Waals surface area contributed by atoms with Crippen molar-refractivity contribution in [2.75, 3.05) is 26.2 Å². The quantitative estimate of drug-likeness (QED) is 0.672. The average molecular weight is 394 g/mol. The molecule has 0 aromatic carbocycles. The number of aromatic nitrogens is 1. The number of nitrogens with one attached hydrogen (secondary N) is 2. The molecule has 3 rings (SSSR count). The summed E-state index contributed by atoms with van der Waals surface area (Å²) in [6.45, 7) is 6.26. The third-order valence-corrected chi connectivity index (χ3v) is 6.62. The van der Waals surface area contributed by atoms with E-state index in [-0.39, 0.29) is 30.2 Å². The van der Waals surface area contributed by atoms with E-state index in [0.717, 1.165) is 42.2 Å². The highest BCUT2D eigenvalue weighted by atomic mass is 32.1. The van der Waals surface area contributed by atoms with Gasteiger partial charge in [0.2, 0.25) is 5.91 Å². The van der Waals surface area contributed by atoms with Gasteiger partial charge in [0, 0.05) is 37.5 Å². The highest BCUT2D eigenvalue weighted by Crippen LogP contribution is 2.59. The summed E-state index contributed by atoms with van der Waals surface area (Å²) in [6.07, 6.45) is 3.32. The van der Waals surface area contributed by atoms with Crippen molar-refractivity contribution < 1.29 is 14.4 Å². The van der Waals surface area contributed by atoms with Crippen LogP contribution in [0, 0.1) is 25.2 Å². The van der Waals surface area contributed by atoms with Crippen molar-refractivity contribution in [3.05, 3.63) is 15.6 Å². The number of aryl methyl sites for hydroxylation is 2. The summed E-state index contributed by atoms with van der Waals surface area (Å²) in [5.74, 6) is 0.446. The molecule has 4 N–H and O–H groups in total. The van der Waals surface area contributed by atoms with Gasteiger partial charge < -0.3 is 21.3 Å². The van der Waals surface area contributed by atoms with E-state index in [1.54, 1.807) is 0 Å². The van der Waals surface area contributed by atoms with Gasteiger partial charge >= 0.3 is 6.03 Å². The summed E-state index contributed by atoms with van der Waals surface area (Å²) in [7, 11) is 0. The normalized spacial score (nSPS) is 20.4. The second-order valence-corrected chi connectivity index (χ2v) is 8.94. The zero-order chi connectivity index (χ0) is 19.6. The smallest absolute Gasteiger partial charge is 0.312 e. The molecular weight excluding hydrogens is 366 g/mol. The molecule has 1 aliphatic heterocycles. The molecule has 1 aliphatic carbocycles. The largest absolute Gasteiger partial charge is 0.352 e. The van der Waals surface area contributed by atoms with Crippen LogP contribution in [0.5, 0.6) is 0 Å². The molecule has 1 atom stereocenters. The van der Waals surface area contributed by atoms with Crippen LogP contribution in [0.2, 0.25) is 0 Å². The third kappa shape index (κ3) is 4.58. The minimum absolute atomic E-state index is 0.0541. The number of hydrogen-bond acceptors (Lipinski definition) is 5. The summed E-state index contributed by atoms with van der Waals surface area (Å²) in [6, 6.07) is -0.605. The van der Waals surface area contributed by atoms with E-state index in [1.165, 1.54) is 11.3 Å². The summed E-state index contributed by atoms with van der Waals surface area (Å²) in [5, 5.41) is 6.38. The van der Waals surface area contributed by atoms with Crippen LogP contribution in [0.3, 0.4) is 0 Å². The number of primary amides is 1. The molecule has 1 saturated carbocycles. The number of carbonyl (C=O) groups excluding carboxylic acids is 3. The van der Waals surface area contributed by atoms with Crippen LogP contribution in [-0.4, -0.2) is 53.9 Å². The van der Waals surface area contributed by atoms with Gasteiger partial charge in [-0.05, 0) is 44.4 Å². The van der Waals surface area contributed by atoms with Crippen LogP contribution < -0.4 is 16.4 Å². The number of urea groups is 1. The average Bonchev–Trinajstić information content (AvgIpc) is 3.16. The molecule has 2 heterocycles. The molecule has 1 aromatic heterocycles. The first-order valence-electron chi connectivity index (χ1n) is 9.34. The number of amides is 4. The zero-order valence-corrected chi connectivity index (χ0v) is 16.7. The van der Waals surface area contributed by atoms with Crippen LogP contribution in [0.1, 0.15) is 46.1 Å². The second kappa shape index (κ2) is 7.84. The van der Waals surface area contributed by atoms with Crippen molar-refractivity contribution in [1.29, 1.82) is 0 Å². The number of carbonyl (C=O) groups is 3. The first-order valence-corrected chi connectivity index (χ1v) is 10.2. The van der Waals surface area contributed by atoms with Crippen LogP contribution in [0.15, 0.2) is 0 Å². The monoisotopic (exact) mass is 393 g/mol. The van der Waals surface area contributed by atoms with Gasteiger partial charge in [0.25, 0.3) is 5.91 Å². The fraction of sp³-hybridized carbons (Fsp3) is 0.667. The Morgan fingerprint density at radius 1 is 1.26 bits per heavy atom. The van der Waals surface area contributed by atoms with Gasteiger partial charge in [0.15, 0.2) is 0 Å². The lowest BCUT2D eigenvalue weighted by Gasteiger charge is -2.33. The Morgan fingerprint density at radius 2 is 1.96 bits per heavy atom. The van der Waals surface area contributed by atoms with E-state index in [2.05, 4.69) is 15.6 Å². The molecule has 1 spiro atoms. The molecule has 2 aliphatic rings. The van der Waals surface area contributed by atoms with Crippen molar-refractivity contribution in [2.45, 2.75) is 39.5 Å². The molecule has 0 bridgehead atoms. The molecule has 2 fully saturated rings. The molecule has 27 heavy (non-hydrogen) atoms. The van der Waals surface area contributed by atoms with Gasteiger partial charge in [0.1, 0.15) is 5.69 Å². The van der Waals surface area contributed by atoms with E-state index in [4.69, 9.17) is 5.73 Å². The highest BCUT2D eigenvalue weighted by Gasteiger charge is 2.54. The van der Waals surface area contributed by atoms with Gasteiger partial charge in [-0.15, -0.1) is 11.3 Å². The number of rotatable bonds is 6. The Hall–Kier alpha value is -2.16. The maximum absolute atomic E-state index is 12.3. The minimum Gasteiger partial charge on any atom is -0.352 e. The Balaban J connectivity index is 1.40. The first kappa shape index (κ1) is 19.6. The maximum Gasteiger partial charge on any atom is 0.312 e. The fourth-order valence-electron chi connectivity index (χ4n) is 4.02. The molecule has 4 amide bonds. The summed E-state index contributed by atoms with van der Waals surface area (Å²) in [4.78, 5) is 42.3. The lowest BCUT2D eigenvalue weighted by molar-refractivity contribution is -0.132. The molecule has 1 aromatic rings. The second-order valence-electron chi connectivity index (χ2n) is 7.53.